The Hall–Kier alpha value is -1.32. The van der Waals surface area contributed by atoms with Crippen molar-refractivity contribution in [1.82, 2.24) is 9.80 Å². The lowest BCUT2D eigenvalue weighted by Crippen LogP contribution is -2.58. The quantitative estimate of drug-likeness (QED) is 0.641. The van der Waals surface area contributed by atoms with E-state index in [-0.39, 0.29) is 17.9 Å². The van der Waals surface area contributed by atoms with Gasteiger partial charge in [0.05, 0.1) is 0 Å². The van der Waals surface area contributed by atoms with Gasteiger partial charge in [-0.25, -0.2) is 0 Å². The molecule has 1 heterocycles. The highest BCUT2D eigenvalue weighted by Crippen LogP contribution is 2.14. The Morgan fingerprint density at radius 2 is 2.20 bits per heavy atom. The highest BCUT2D eigenvalue weighted by molar-refractivity contribution is 5.93. The molecule has 4 heteroatoms. The molecule has 4 nitrogen and oxygen atoms in total. The van der Waals surface area contributed by atoms with Crippen molar-refractivity contribution in [2.75, 3.05) is 19.6 Å². The van der Waals surface area contributed by atoms with Crippen LogP contribution >= 0.6 is 0 Å². The maximum Gasteiger partial charge on any atom is 0.246 e. The van der Waals surface area contributed by atoms with Crippen LogP contribution in [0.3, 0.4) is 0 Å². The number of carbonyl (C=O) groups excluding carboxylic acids is 2. The van der Waals surface area contributed by atoms with Crippen LogP contribution in [0, 0.1) is 0 Å². The van der Waals surface area contributed by atoms with E-state index in [2.05, 4.69) is 6.58 Å². The molecule has 1 fully saturated rings. The van der Waals surface area contributed by atoms with Crippen LogP contribution in [0.5, 0.6) is 0 Å². The average molecular weight is 210 g/mol. The number of hydrogen-bond acceptors (Lipinski definition) is 2. The van der Waals surface area contributed by atoms with Gasteiger partial charge in [0.1, 0.15) is 6.04 Å². The van der Waals surface area contributed by atoms with E-state index in [9.17, 15) is 9.59 Å². The molecule has 0 radical (unpaired) electrons. The second-order valence-corrected chi connectivity index (χ2v) is 3.58. The number of nitrogens with zero attached hydrogens (tertiary/aromatic N) is 2. The van der Waals surface area contributed by atoms with Gasteiger partial charge in [-0.2, -0.15) is 0 Å². The number of likely N-dealkylation sites (N-methyl/N-ethyl adjacent to an activating group) is 1. The smallest absolute Gasteiger partial charge is 0.246 e. The molecular formula is C11H18N2O2. The van der Waals surface area contributed by atoms with Gasteiger partial charge < -0.3 is 9.80 Å². The molecule has 1 saturated heterocycles. The Bertz CT molecular complexity index is 276. The molecule has 1 atom stereocenters. The highest BCUT2D eigenvalue weighted by atomic mass is 16.2. The lowest BCUT2D eigenvalue weighted by Gasteiger charge is -2.39. The number of amides is 2. The van der Waals surface area contributed by atoms with Crippen molar-refractivity contribution < 1.29 is 9.59 Å². The van der Waals surface area contributed by atoms with E-state index < -0.39 is 0 Å². The topological polar surface area (TPSA) is 40.6 Å². The fourth-order valence-electron chi connectivity index (χ4n) is 1.93. The Balaban J connectivity index is 2.81. The van der Waals surface area contributed by atoms with E-state index in [0.717, 1.165) is 0 Å². The molecule has 1 aliphatic rings. The zero-order valence-corrected chi connectivity index (χ0v) is 9.40. The van der Waals surface area contributed by atoms with Gasteiger partial charge in [0.2, 0.25) is 11.8 Å². The van der Waals surface area contributed by atoms with Crippen LogP contribution in [0.2, 0.25) is 0 Å². The summed E-state index contributed by atoms with van der Waals surface area (Å²) in [5, 5.41) is 0. The first-order valence-electron chi connectivity index (χ1n) is 5.37. The van der Waals surface area contributed by atoms with Crippen LogP contribution in [-0.4, -0.2) is 47.3 Å². The third-order valence-corrected chi connectivity index (χ3v) is 2.81. The van der Waals surface area contributed by atoms with Crippen molar-refractivity contribution in [1.29, 1.82) is 0 Å². The van der Waals surface area contributed by atoms with Crippen molar-refractivity contribution in [3.05, 3.63) is 12.7 Å². The van der Waals surface area contributed by atoms with Gasteiger partial charge >= 0.3 is 0 Å². The Morgan fingerprint density at radius 3 is 2.67 bits per heavy atom. The van der Waals surface area contributed by atoms with E-state index in [4.69, 9.17) is 0 Å². The van der Waals surface area contributed by atoms with Crippen LogP contribution in [0.1, 0.15) is 20.3 Å². The summed E-state index contributed by atoms with van der Waals surface area (Å²) < 4.78 is 0. The molecule has 0 N–H and O–H groups in total. The maximum absolute atomic E-state index is 11.9. The van der Waals surface area contributed by atoms with Gasteiger partial charge in [0, 0.05) is 19.6 Å². The van der Waals surface area contributed by atoms with E-state index in [1.54, 1.807) is 9.80 Å². The summed E-state index contributed by atoms with van der Waals surface area (Å²) in [5.74, 6) is -0.0904. The molecule has 0 spiro atoms. The molecule has 0 aromatic heterocycles. The summed E-state index contributed by atoms with van der Waals surface area (Å²) in [6, 6.07) is -0.302. The van der Waals surface area contributed by atoms with Gasteiger partial charge in [-0.3, -0.25) is 9.59 Å². The Morgan fingerprint density at radius 1 is 1.53 bits per heavy atom. The minimum absolute atomic E-state index is 0.0569. The summed E-state index contributed by atoms with van der Waals surface area (Å²) in [7, 11) is 0. The SMILES string of the molecule is C=CC(=O)N1CCN(CC)C(=O)C1CC. The molecule has 15 heavy (non-hydrogen) atoms. The summed E-state index contributed by atoms with van der Waals surface area (Å²) in [5.41, 5.74) is 0. The third kappa shape index (κ3) is 2.19. The summed E-state index contributed by atoms with van der Waals surface area (Å²) in [6.45, 7) is 9.29. The van der Waals surface area contributed by atoms with Crippen molar-refractivity contribution in [3.63, 3.8) is 0 Å². The molecule has 84 valence electrons. The van der Waals surface area contributed by atoms with Crippen molar-refractivity contribution in [2.24, 2.45) is 0 Å². The number of piperazine rings is 1. The van der Waals surface area contributed by atoms with Gasteiger partial charge in [0.15, 0.2) is 0 Å². The van der Waals surface area contributed by atoms with Crippen LogP contribution in [0.15, 0.2) is 12.7 Å². The summed E-state index contributed by atoms with van der Waals surface area (Å²) >= 11 is 0. The molecule has 0 saturated carbocycles. The number of rotatable bonds is 3. The number of hydrogen-bond donors (Lipinski definition) is 0. The molecule has 0 bridgehead atoms. The van der Waals surface area contributed by atoms with Crippen LogP contribution in [-0.2, 0) is 9.59 Å². The van der Waals surface area contributed by atoms with Gasteiger partial charge in [0.25, 0.3) is 0 Å². The molecule has 0 aromatic rings. The largest absolute Gasteiger partial charge is 0.339 e. The van der Waals surface area contributed by atoms with Crippen molar-refractivity contribution in [3.8, 4) is 0 Å². The predicted octanol–water partition coefficient (Wildman–Crippen LogP) is 0.642. The Kier molecular flexibility index (Phi) is 3.88. The molecular weight excluding hydrogens is 192 g/mol. The lowest BCUT2D eigenvalue weighted by atomic mass is 10.1. The second kappa shape index (κ2) is 4.96. The standard InChI is InChI=1S/C11H18N2O2/c1-4-9-11(15)12(6-3)7-8-13(9)10(14)5-2/h5,9H,2,4,6-8H2,1,3H3. The first-order chi connectivity index (χ1) is 7.15. The summed E-state index contributed by atoms with van der Waals surface area (Å²) in [6.07, 6.45) is 1.94. The fraction of sp³-hybridized carbons (Fsp3) is 0.636. The zero-order valence-electron chi connectivity index (χ0n) is 9.40. The number of carbonyl (C=O) groups is 2. The lowest BCUT2D eigenvalue weighted by molar-refractivity contribution is -0.149. The van der Waals surface area contributed by atoms with Crippen molar-refractivity contribution >= 4 is 11.8 Å². The minimum atomic E-state index is -0.302. The third-order valence-electron chi connectivity index (χ3n) is 2.81. The van der Waals surface area contributed by atoms with Gasteiger partial charge in [-0.15, -0.1) is 0 Å². The first kappa shape index (κ1) is 11.8. The second-order valence-electron chi connectivity index (χ2n) is 3.58. The highest BCUT2D eigenvalue weighted by Gasteiger charge is 2.34. The Labute approximate surface area is 90.5 Å². The minimum Gasteiger partial charge on any atom is -0.339 e. The predicted molar refractivity (Wildman–Crippen MR) is 58.2 cm³/mol. The van der Waals surface area contributed by atoms with Crippen molar-refractivity contribution in [2.45, 2.75) is 26.3 Å². The van der Waals surface area contributed by atoms with Crippen LogP contribution in [0.25, 0.3) is 0 Å². The maximum atomic E-state index is 11.9. The molecule has 0 aliphatic carbocycles. The average Bonchev–Trinajstić information content (AvgIpc) is 2.27. The summed E-state index contributed by atoms with van der Waals surface area (Å²) in [4.78, 5) is 26.8. The zero-order chi connectivity index (χ0) is 11.4. The van der Waals surface area contributed by atoms with Crippen LogP contribution in [0.4, 0.5) is 0 Å². The van der Waals surface area contributed by atoms with E-state index >= 15 is 0 Å². The fourth-order valence-corrected chi connectivity index (χ4v) is 1.93. The molecule has 1 aliphatic heterocycles. The molecule has 1 rings (SSSR count). The van der Waals surface area contributed by atoms with E-state index in [1.807, 2.05) is 13.8 Å². The van der Waals surface area contributed by atoms with Gasteiger partial charge in [-0.1, -0.05) is 13.5 Å². The monoisotopic (exact) mass is 210 g/mol. The van der Waals surface area contributed by atoms with E-state index in [0.29, 0.717) is 26.1 Å². The molecule has 1 unspecified atom stereocenters. The van der Waals surface area contributed by atoms with Crippen LogP contribution < -0.4 is 0 Å². The van der Waals surface area contributed by atoms with E-state index in [1.165, 1.54) is 6.08 Å². The molecule has 0 aromatic carbocycles. The first-order valence-corrected chi connectivity index (χ1v) is 5.37. The normalized spacial score (nSPS) is 21.7. The van der Waals surface area contributed by atoms with Gasteiger partial charge in [-0.05, 0) is 19.4 Å². The molecule has 2 amide bonds.